The molecule has 0 spiro atoms. The molecule has 0 bridgehead atoms. The number of aliphatic hydroxyl groups is 1. The number of halogens is 1. The minimum absolute atomic E-state index is 0.0998. The van der Waals surface area contributed by atoms with E-state index in [1.54, 1.807) is 25.1 Å². The van der Waals surface area contributed by atoms with Gasteiger partial charge in [-0.15, -0.1) is 0 Å². The van der Waals surface area contributed by atoms with Gasteiger partial charge >= 0.3 is 0 Å². The maximum Gasteiger partial charge on any atom is 0.121 e. The van der Waals surface area contributed by atoms with Crippen LogP contribution in [0.2, 0.25) is 0 Å². The number of phenolic OH excluding ortho intramolecular Hbond substituents is 1. The molecule has 0 aliphatic carbocycles. The van der Waals surface area contributed by atoms with Crippen LogP contribution in [0.4, 0.5) is 0 Å². The second kappa shape index (κ2) is 4.09. The molecule has 72 valence electrons. The number of aromatic hydroxyl groups is 1. The highest BCUT2D eigenvalue weighted by molar-refractivity contribution is 9.10. The average molecular weight is 246 g/mol. The monoisotopic (exact) mass is 245 g/mol. The average Bonchev–Trinajstić information content (AvgIpc) is 2.03. The van der Waals surface area contributed by atoms with Crippen LogP contribution in [-0.4, -0.2) is 16.3 Å². The van der Waals surface area contributed by atoms with E-state index in [9.17, 15) is 10.2 Å². The fourth-order valence-electron chi connectivity index (χ4n) is 1.06. The Morgan fingerprint density at radius 3 is 2.54 bits per heavy atom. The minimum Gasteiger partial charge on any atom is -0.508 e. The predicted octanol–water partition coefficient (Wildman–Crippen LogP) is 1.54. The Hall–Kier alpha value is -0.580. The van der Waals surface area contributed by atoms with Crippen molar-refractivity contribution in [2.24, 2.45) is 5.73 Å². The maximum absolute atomic E-state index is 9.49. The van der Waals surface area contributed by atoms with Crippen molar-refractivity contribution >= 4 is 15.9 Å². The van der Waals surface area contributed by atoms with E-state index in [1.165, 1.54) is 0 Å². The van der Waals surface area contributed by atoms with Crippen molar-refractivity contribution in [2.45, 2.75) is 19.1 Å². The number of hydrogen-bond donors (Lipinski definition) is 3. The fourth-order valence-corrected chi connectivity index (χ4v) is 1.41. The zero-order chi connectivity index (χ0) is 10.0. The second-order valence-corrected chi connectivity index (χ2v) is 3.89. The lowest BCUT2D eigenvalue weighted by Crippen LogP contribution is -2.23. The van der Waals surface area contributed by atoms with Crippen molar-refractivity contribution in [3.05, 3.63) is 28.2 Å². The van der Waals surface area contributed by atoms with Crippen LogP contribution < -0.4 is 5.73 Å². The van der Waals surface area contributed by atoms with Crippen LogP contribution in [0, 0.1) is 0 Å². The third kappa shape index (κ3) is 2.43. The van der Waals surface area contributed by atoms with Crippen LogP contribution in [0.3, 0.4) is 0 Å². The lowest BCUT2D eigenvalue weighted by molar-refractivity contribution is 0.163. The number of hydrogen-bond acceptors (Lipinski definition) is 3. The number of aliphatic hydroxyl groups excluding tert-OH is 1. The molecule has 2 atom stereocenters. The zero-order valence-electron chi connectivity index (χ0n) is 7.24. The van der Waals surface area contributed by atoms with Crippen LogP contribution in [0.25, 0.3) is 0 Å². The van der Waals surface area contributed by atoms with Crippen molar-refractivity contribution in [1.29, 1.82) is 0 Å². The van der Waals surface area contributed by atoms with E-state index < -0.39 is 12.1 Å². The molecule has 1 aromatic rings. The van der Waals surface area contributed by atoms with Gasteiger partial charge in [0.15, 0.2) is 0 Å². The van der Waals surface area contributed by atoms with Crippen LogP contribution in [0.15, 0.2) is 22.7 Å². The summed E-state index contributed by atoms with van der Waals surface area (Å²) in [5, 5.41) is 18.7. The van der Waals surface area contributed by atoms with Crippen molar-refractivity contribution in [2.75, 3.05) is 0 Å². The fraction of sp³-hybridized carbons (Fsp3) is 0.333. The quantitative estimate of drug-likeness (QED) is 0.741. The molecule has 0 aliphatic rings. The van der Waals surface area contributed by atoms with Gasteiger partial charge in [0.2, 0.25) is 0 Å². The summed E-state index contributed by atoms with van der Waals surface area (Å²) in [6.07, 6.45) is -0.674. The van der Waals surface area contributed by atoms with Crippen LogP contribution >= 0.6 is 15.9 Å². The van der Waals surface area contributed by atoms with E-state index in [4.69, 9.17) is 5.73 Å². The normalized spacial score (nSPS) is 15.4. The van der Waals surface area contributed by atoms with Gasteiger partial charge in [-0.2, -0.15) is 0 Å². The lowest BCUT2D eigenvalue weighted by atomic mass is 10.0. The summed E-state index contributed by atoms with van der Waals surface area (Å²) in [7, 11) is 0. The van der Waals surface area contributed by atoms with E-state index in [-0.39, 0.29) is 5.75 Å². The lowest BCUT2D eigenvalue weighted by Gasteiger charge is -2.16. The van der Waals surface area contributed by atoms with Crippen molar-refractivity contribution < 1.29 is 10.2 Å². The Morgan fingerprint density at radius 1 is 1.46 bits per heavy atom. The first-order chi connectivity index (χ1) is 6.02. The Labute approximate surface area is 85.3 Å². The van der Waals surface area contributed by atoms with Crippen molar-refractivity contribution in [3.8, 4) is 5.75 Å². The van der Waals surface area contributed by atoms with Crippen LogP contribution in [0.1, 0.15) is 18.5 Å². The first kappa shape index (κ1) is 10.5. The van der Waals surface area contributed by atoms with Gasteiger partial charge in [-0.05, 0) is 19.1 Å². The largest absolute Gasteiger partial charge is 0.508 e. The molecule has 3 nitrogen and oxygen atoms in total. The van der Waals surface area contributed by atoms with Crippen molar-refractivity contribution in [1.82, 2.24) is 0 Å². The summed E-state index contributed by atoms with van der Waals surface area (Å²) < 4.78 is 0.784. The highest BCUT2D eigenvalue weighted by Gasteiger charge is 2.15. The molecule has 0 fully saturated rings. The number of rotatable bonds is 2. The van der Waals surface area contributed by atoms with Gasteiger partial charge in [0.05, 0.1) is 12.1 Å². The number of nitrogens with two attached hydrogens (primary N) is 1. The minimum atomic E-state index is -0.674. The molecular formula is C9H12BrNO2. The van der Waals surface area contributed by atoms with E-state index in [0.29, 0.717) is 5.56 Å². The van der Waals surface area contributed by atoms with Crippen molar-refractivity contribution in [3.63, 3.8) is 0 Å². The molecule has 1 rings (SSSR count). The topological polar surface area (TPSA) is 66.5 Å². The molecule has 0 radical (unpaired) electrons. The molecule has 0 amide bonds. The van der Waals surface area contributed by atoms with Crippen LogP contribution in [-0.2, 0) is 0 Å². The summed E-state index contributed by atoms with van der Waals surface area (Å²) in [4.78, 5) is 0. The van der Waals surface area contributed by atoms with Crippen LogP contribution in [0.5, 0.6) is 5.75 Å². The number of phenols is 1. The summed E-state index contributed by atoms with van der Waals surface area (Å²) in [6.45, 7) is 1.59. The van der Waals surface area contributed by atoms with E-state index in [0.717, 1.165) is 4.47 Å². The first-order valence-corrected chi connectivity index (χ1v) is 4.73. The van der Waals surface area contributed by atoms with E-state index in [2.05, 4.69) is 15.9 Å². The van der Waals surface area contributed by atoms with E-state index in [1.807, 2.05) is 0 Å². The first-order valence-electron chi connectivity index (χ1n) is 3.94. The van der Waals surface area contributed by atoms with Gasteiger partial charge in [0, 0.05) is 10.0 Å². The Kier molecular flexibility index (Phi) is 3.30. The molecule has 0 saturated heterocycles. The highest BCUT2D eigenvalue weighted by Crippen LogP contribution is 2.27. The third-order valence-corrected chi connectivity index (χ3v) is 2.36. The van der Waals surface area contributed by atoms with Gasteiger partial charge in [-0.3, -0.25) is 0 Å². The number of benzene rings is 1. The Balaban J connectivity index is 3.01. The molecule has 13 heavy (non-hydrogen) atoms. The highest BCUT2D eigenvalue weighted by atomic mass is 79.9. The maximum atomic E-state index is 9.49. The summed E-state index contributed by atoms with van der Waals surface area (Å²) in [5.41, 5.74) is 6.22. The second-order valence-electron chi connectivity index (χ2n) is 2.97. The zero-order valence-corrected chi connectivity index (χ0v) is 8.82. The molecular weight excluding hydrogens is 234 g/mol. The van der Waals surface area contributed by atoms with Gasteiger partial charge < -0.3 is 15.9 Å². The summed E-state index contributed by atoms with van der Waals surface area (Å²) in [5.74, 6) is 0.0998. The SMILES string of the molecule is CC(O)[C@@H](N)c1ccc(Br)cc1O. The summed E-state index contributed by atoms with van der Waals surface area (Å²) in [6, 6.07) is 4.47. The van der Waals surface area contributed by atoms with E-state index >= 15 is 0 Å². The molecule has 0 heterocycles. The van der Waals surface area contributed by atoms with Gasteiger partial charge in [0.25, 0.3) is 0 Å². The molecule has 4 heteroatoms. The molecule has 0 saturated carbocycles. The molecule has 0 aromatic heterocycles. The molecule has 1 aromatic carbocycles. The Bertz CT molecular complexity index is 302. The molecule has 1 unspecified atom stereocenters. The molecule has 4 N–H and O–H groups in total. The molecule has 0 aliphatic heterocycles. The summed E-state index contributed by atoms with van der Waals surface area (Å²) >= 11 is 3.22. The Morgan fingerprint density at radius 2 is 2.08 bits per heavy atom. The van der Waals surface area contributed by atoms with Gasteiger partial charge in [-0.1, -0.05) is 22.0 Å². The van der Waals surface area contributed by atoms with Gasteiger partial charge in [0.1, 0.15) is 5.75 Å². The smallest absolute Gasteiger partial charge is 0.121 e. The predicted molar refractivity (Wildman–Crippen MR) is 54.4 cm³/mol. The van der Waals surface area contributed by atoms with Gasteiger partial charge in [-0.25, -0.2) is 0 Å². The standard InChI is InChI=1S/C9H12BrNO2/c1-5(12)9(11)7-3-2-6(10)4-8(7)13/h2-5,9,12-13H,11H2,1H3/t5?,9-/m1/s1. The third-order valence-electron chi connectivity index (χ3n) is 1.87.